The fourth-order valence-electron chi connectivity index (χ4n) is 0. The van der Waals surface area contributed by atoms with Crippen LogP contribution in [0.25, 0.3) is 0 Å². The van der Waals surface area contributed by atoms with Gasteiger partial charge >= 0.3 is 23.1 Å². The smallest absolute Gasteiger partial charge is 1.00 e. The normalized spacial score (nSPS) is 0. The summed E-state index contributed by atoms with van der Waals surface area (Å²) in [6.45, 7) is 0. The first-order valence-corrected chi connectivity index (χ1v) is 0. The minimum Gasteiger partial charge on any atom is -1.00 e. The van der Waals surface area contributed by atoms with Crippen LogP contribution in [0.3, 0.4) is 0 Å². The second-order valence-corrected chi connectivity index (χ2v) is 0. The molecule has 0 atom stereocenters. The van der Waals surface area contributed by atoms with Gasteiger partial charge in [-0.1, -0.05) is 0 Å². The quantitative estimate of drug-likeness (QED) is 0.427. The molecule has 0 aliphatic carbocycles. The molecule has 0 aromatic carbocycles. The molecule has 0 aromatic rings. The van der Waals surface area contributed by atoms with Crippen molar-refractivity contribution in [1.82, 2.24) is 0 Å². The van der Waals surface area contributed by atoms with Crippen LogP contribution < -0.4 is 0 Å². The third kappa shape index (κ3) is 17.7. The van der Waals surface area contributed by atoms with Gasteiger partial charge in [0.1, 0.15) is 0 Å². The molecule has 0 aromatic heterocycles. The second kappa shape index (κ2) is 23.4. The van der Waals surface area contributed by atoms with Crippen molar-refractivity contribution in [3.8, 4) is 0 Å². The average molecular weight is 419 g/mol. The van der Waals surface area contributed by atoms with E-state index in [2.05, 4.69) is 0 Å². The molecular formula is H5AlCeGdMgZn. The SMILES string of the molecule is [AlH3].[Ce].[Gd].[H-].[H-].[Mg+2].[Zn]. The van der Waals surface area contributed by atoms with Gasteiger partial charge in [0, 0.05) is 101 Å². The largest absolute Gasteiger partial charge is 2.00 e. The molecule has 0 N–H and O–H groups in total. The van der Waals surface area contributed by atoms with Gasteiger partial charge in [-0.25, -0.2) is 0 Å². The summed E-state index contributed by atoms with van der Waals surface area (Å²) in [6.07, 6.45) is 0. The first-order chi connectivity index (χ1) is 0. The van der Waals surface area contributed by atoms with Gasteiger partial charge in [0.15, 0.2) is 17.4 Å². The Kier molecular flexibility index (Phi) is 157. The second-order valence-electron chi connectivity index (χ2n) is 0. The fraction of sp³-hybridized carbons (Fsp3) is 0. The summed E-state index contributed by atoms with van der Waals surface area (Å²) in [5.74, 6) is 0. The maximum Gasteiger partial charge on any atom is 2.00 e. The Hall–Kier alpha value is 4.62. The Bertz CT molecular complexity index is 17.7. The van der Waals surface area contributed by atoms with Gasteiger partial charge in [-0.2, -0.15) is 0 Å². The van der Waals surface area contributed by atoms with Crippen molar-refractivity contribution >= 4 is 40.4 Å². The molecule has 0 spiro atoms. The van der Waals surface area contributed by atoms with E-state index in [-0.39, 0.29) is 144 Å². The van der Waals surface area contributed by atoms with Crippen molar-refractivity contribution in [2.24, 2.45) is 0 Å². The zero-order chi connectivity index (χ0) is 0. The van der Waals surface area contributed by atoms with Gasteiger partial charge in [0.25, 0.3) is 0 Å². The van der Waals surface area contributed by atoms with Crippen molar-refractivity contribution in [3.63, 3.8) is 0 Å². The van der Waals surface area contributed by atoms with Crippen LogP contribution >= 0.6 is 0 Å². The van der Waals surface area contributed by atoms with E-state index in [4.69, 9.17) is 0 Å². The van der Waals surface area contributed by atoms with E-state index in [9.17, 15) is 0 Å². The van der Waals surface area contributed by atoms with Crippen LogP contribution in [-0.2, 0) is 19.5 Å². The van der Waals surface area contributed by atoms with E-state index in [0.29, 0.717) is 0 Å². The summed E-state index contributed by atoms with van der Waals surface area (Å²) in [5.41, 5.74) is 0. The summed E-state index contributed by atoms with van der Waals surface area (Å²) >= 11 is 0. The van der Waals surface area contributed by atoms with E-state index >= 15 is 0 Å². The van der Waals surface area contributed by atoms with Gasteiger partial charge in [0.2, 0.25) is 0 Å². The first-order valence-electron chi connectivity index (χ1n) is 0. The molecule has 24 valence electrons. The molecular weight excluding hydrogens is 414 g/mol. The third-order valence-corrected chi connectivity index (χ3v) is 0. The van der Waals surface area contributed by atoms with E-state index < -0.39 is 0 Å². The van der Waals surface area contributed by atoms with Crippen LogP contribution in [0.1, 0.15) is 2.85 Å². The molecule has 5 heavy (non-hydrogen) atoms. The average Bonchev–Trinajstić information content (AvgIpc) is 0. The Morgan fingerprint density at radius 3 is 1.20 bits per heavy atom. The maximum absolute atomic E-state index is 0. The van der Waals surface area contributed by atoms with Crippen LogP contribution in [0.15, 0.2) is 0 Å². The Morgan fingerprint density at radius 1 is 1.20 bits per heavy atom. The predicted molar refractivity (Wildman–Crippen MR) is 17.9 cm³/mol. The fourth-order valence-corrected chi connectivity index (χ4v) is 0. The van der Waals surface area contributed by atoms with E-state index in [1.54, 1.807) is 0 Å². The third-order valence-electron chi connectivity index (χ3n) is 0. The molecule has 0 aliphatic heterocycles. The van der Waals surface area contributed by atoms with Crippen molar-refractivity contribution < 1.29 is 104 Å². The van der Waals surface area contributed by atoms with Crippen molar-refractivity contribution in [2.75, 3.05) is 0 Å². The molecule has 0 aliphatic rings. The zero-order valence-corrected chi connectivity index (χ0v) is 12.1. The topological polar surface area (TPSA) is 0 Å². The summed E-state index contributed by atoms with van der Waals surface area (Å²) in [4.78, 5) is 0. The van der Waals surface area contributed by atoms with E-state index in [0.717, 1.165) is 0 Å². The van der Waals surface area contributed by atoms with Crippen molar-refractivity contribution in [2.45, 2.75) is 0 Å². The van der Waals surface area contributed by atoms with Crippen LogP contribution in [0.5, 0.6) is 0 Å². The van der Waals surface area contributed by atoms with E-state index in [1.165, 1.54) is 0 Å². The molecule has 0 amide bonds. The Labute approximate surface area is 140 Å². The Morgan fingerprint density at radius 2 is 1.20 bits per heavy atom. The summed E-state index contributed by atoms with van der Waals surface area (Å²) in [7, 11) is 0. The van der Waals surface area contributed by atoms with E-state index in [1.807, 2.05) is 0 Å². The molecule has 0 saturated heterocycles. The minimum atomic E-state index is 0. The minimum absolute atomic E-state index is 0. The monoisotopic (exact) mass is 418 g/mol. The van der Waals surface area contributed by atoms with Crippen LogP contribution in [-0.4, -0.2) is 40.4 Å². The standard InChI is InChI=1S/Al.Ce.Gd.Mg.Zn.5H/q;;;+2;;;;;2*-1. The molecule has 0 saturated carbocycles. The zero-order valence-electron chi connectivity index (χ0n) is 4.27. The number of hydrogen-bond acceptors (Lipinski definition) is 0. The van der Waals surface area contributed by atoms with Gasteiger partial charge in [0.05, 0.1) is 0 Å². The van der Waals surface area contributed by atoms with Crippen LogP contribution in [0.2, 0.25) is 0 Å². The summed E-state index contributed by atoms with van der Waals surface area (Å²) < 4.78 is 0. The molecule has 0 heterocycles. The Balaban J connectivity index is 0. The van der Waals surface area contributed by atoms with Crippen molar-refractivity contribution in [1.29, 1.82) is 0 Å². The molecule has 0 rings (SSSR count). The van der Waals surface area contributed by atoms with Gasteiger partial charge in [-0.15, -0.1) is 0 Å². The molecule has 0 radical (unpaired) electrons. The van der Waals surface area contributed by atoms with Crippen molar-refractivity contribution in [3.05, 3.63) is 0 Å². The van der Waals surface area contributed by atoms with Gasteiger partial charge in [-0.3, -0.25) is 0 Å². The van der Waals surface area contributed by atoms with Crippen LogP contribution in [0, 0.1) is 81.7 Å². The molecule has 0 bridgehead atoms. The molecule has 0 fully saturated rings. The summed E-state index contributed by atoms with van der Waals surface area (Å²) in [6, 6.07) is 0. The molecule has 5 heteroatoms. The van der Waals surface area contributed by atoms with Gasteiger partial charge < -0.3 is 2.85 Å². The van der Waals surface area contributed by atoms with Gasteiger partial charge in [-0.05, 0) is 0 Å². The summed E-state index contributed by atoms with van der Waals surface area (Å²) in [5, 5.41) is 0. The molecule has 0 nitrogen and oxygen atoms in total. The predicted octanol–water partition coefficient (Wildman–Crippen LogP) is -1.34. The van der Waals surface area contributed by atoms with Crippen LogP contribution in [0.4, 0.5) is 0 Å². The maximum atomic E-state index is 0. The number of rotatable bonds is 0. The molecule has 0 unspecified atom stereocenters. The first kappa shape index (κ1) is 33.5. The number of hydrogen-bond donors (Lipinski definition) is 0.